The molecule has 2 heterocycles. The van der Waals surface area contributed by atoms with Crippen molar-refractivity contribution in [2.24, 2.45) is 0 Å². The minimum Gasteiger partial charge on any atom is -0.262 e. The molecule has 0 bridgehead atoms. The summed E-state index contributed by atoms with van der Waals surface area (Å²) in [5, 5.41) is 7.41. The molecule has 0 N–H and O–H groups in total. The van der Waals surface area contributed by atoms with E-state index in [-0.39, 0.29) is 5.69 Å². The third-order valence-corrected chi connectivity index (χ3v) is 1.78. The first-order valence-electron chi connectivity index (χ1n) is 4.40. The Morgan fingerprint density at radius 3 is 2.93 bits per heavy atom. The summed E-state index contributed by atoms with van der Waals surface area (Å²) in [5.74, 6) is 0. The van der Waals surface area contributed by atoms with Crippen LogP contribution in [0.2, 0.25) is 0 Å². The molecule has 2 aromatic rings. The van der Waals surface area contributed by atoms with Crippen LogP contribution in [0.5, 0.6) is 0 Å². The van der Waals surface area contributed by atoms with Gasteiger partial charge in [0.1, 0.15) is 0 Å². The van der Waals surface area contributed by atoms with Gasteiger partial charge in [0.05, 0.1) is 11.9 Å². The smallest absolute Gasteiger partial charge is 0.262 e. The number of hydrogen-bond acceptors (Lipinski definition) is 4. The summed E-state index contributed by atoms with van der Waals surface area (Å²) in [7, 11) is 0. The lowest BCUT2D eigenvalue weighted by Gasteiger charge is -1.94. The summed E-state index contributed by atoms with van der Waals surface area (Å²) < 4.78 is 2.35. The molecular weight excluding hydrogens is 194 g/mol. The van der Waals surface area contributed by atoms with Crippen LogP contribution in [0.3, 0.4) is 0 Å². The topological polar surface area (TPSA) is 65.6 Å². The van der Waals surface area contributed by atoms with E-state index >= 15 is 0 Å². The highest BCUT2D eigenvalue weighted by Crippen LogP contribution is 1.97. The Morgan fingerprint density at radius 2 is 2.27 bits per heavy atom. The number of allylic oxidation sites excluding steroid dienone is 1. The van der Waals surface area contributed by atoms with Crippen LogP contribution in [0.25, 0.3) is 11.9 Å². The van der Waals surface area contributed by atoms with Crippen LogP contribution in [0.1, 0.15) is 6.92 Å². The van der Waals surface area contributed by atoms with Gasteiger partial charge in [0.2, 0.25) is 0 Å². The van der Waals surface area contributed by atoms with Gasteiger partial charge in [0, 0.05) is 12.4 Å². The summed E-state index contributed by atoms with van der Waals surface area (Å²) in [6.07, 6.45) is 6.44. The molecule has 6 heteroatoms. The maximum Gasteiger partial charge on any atom is 0.372 e. The van der Waals surface area contributed by atoms with Gasteiger partial charge in [-0.25, -0.2) is 4.79 Å². The molecule has 2 rings (SSSR count). The standard InChI is InChI=1S/C9H9N5O/c1-2-6-13-9(15)14(12-11-13)8-4-3-5-10-7-8/h2-7H,1H3/b6-2+. The summed E-state index contributed by atoms with van der Waals surface area (Å²) in [6.45, 7) is 1.80. The molecule has 0 aromatic carbocycles. The molecule has 76 valence electrons. The summed E-state index contributed by atoms with van der Waals surface area (Å²) in [5.41, 5.74) is 0.277. The molecule has 0 aliphatic carbocycles. The lowest BCUT2D eigenvalue weighted by molar-refractivity contribution is 0.765. The van der Waals surface area contributed by atoms with Crippen LogP contribution in [0.4, 0.5) is 0 Å². The second kappa shape index (κ2) is 3.87. The molecule has 15 heavy (non-hydrogen) atoms. The zero-order chi connectivity index (χ0) is 10.7. The van der Waals surface area contributed by atoms with Crippen molar-refractivity contribution in [3.63, 3.8) is 0 Å². The molecule has 0 amide bonds. The number of aromatic nitrogens is 5. The predicted molar refractivity (Wildman–Crippen MR) is 54.4 cm³/mol. The van der Waals surface area contributed by atoms with Crippen molar-refractivity contribution in [2.75, 3.05) is 0 Å². The van der Waals surface area contributed by atoms with Crippen molar-refractivity contribution in [1.29, 1.82) is 0 Å². The highest BCUT2D eigenvalue weighted by molar-refractivity contribution is 5.26. The SMILES string of the molecule is C/C=C/n1nnn(-c2cccnc2)c1=O. The van der Waals surface area contributed by atoms with E-state index < -0.39 is 0 Å². The summed E-state index contributed by atoms with van der Waals surface area (Å²) >= 11 is 0. The lowest BCUT2D eigenvalue weighted by Crippen LogP contribution is -2.21. The van der Waals surface area contributed by atoms with Crippen molar-refractivity contribution in [2.45, 2.75) is 6.92 Å². The minimum absolute atomic E-state index is 0.318. The average Bonchev–Trinajstić information content (AvgIpc) is 2.63. The maximum absolute atomic E-state index is 11.7. The Kier molecular flexibility index (Phi) is 2.40. The van der Waals surface area contributed by atoms with Crippen molar-refractivity contribution >= 4 is 6.20 Å². The largest absolute Gasteiger partial charge is 0.372 e. The van der Waals surface area contributed by atoms with Gasteiger partial charge in [-0.15, -0.1) is 0 Å². The second-order valence-electron chi connectivity index (χ2n) is 2.81. The maximum atomic E-state index is 11.7. The number of pyridine rings is 1. The average molecular weight is 203 g/mol. The molecule has 0 aliphatic heterocycles. The van der Waals surface area contributed by atoms with Gasteiger partial charge in [0.25, 0.3) is 0 Å². The first-order valence-corrected chi connectivity index (χ1v) is 4.40. The number of rotatable bonds is 2. The third kappa shape index (κ3) is 1.69. The van der Waals surface area contributed by atoms with Crippen LogP contribution in [0.15, 0.2) is 35.4 Å². The molecule has 0 radical (unpaired) electrons. The molecule has 0 spiro atoms. The highest BCUT2D eigenvalue weighted by Gasteiger charge is 2.05. The van der Waals surface area contributed by atoms with Gasteiger partial charge in [-0.1, -0.05) is 6.08 Å². The van der Waals surface area contributed by atoms with Crippen LogP contribution < -0.4 is 5.69 Å². The van der Waals surface area contributed by atoms with E-state index in [0.29, 0.717) is 5.69 Å². The fourth-order valence-corrected chi connectivity index (χ4v) is 1.13. The molecule has 6 nitrogen and oxygen atoms in total. The van der Waals surface area contributed by atoms with Crippen LogP contribution in [-0.4, -0.2) is 24.8 Å². The Balaban J connectivity index is 2.52. The highest BCUT2D eigenvalue weighted by atomic mass is 16.2. The van der Waals surface area contributed by atoms with E-state index in [4.69, 9.17) is 0 Å². The van der Waals surface area contributed by atoms with E-state index in [0.717, 1.165) is 4.68 Å². The van der Waals surface area contributed by atoms with Gasteiger partial charge in [-0.3, -0.25) is 4.98 Å². The Bertz CT molecular complexity index is 525. The van der Waals surface area contributed by atoms with Crippen molar-refractivity contribution in [3.8, 4) is 5.69 Å². The molecule has 0 unspecified atom stereocenters. The Hall–Kier alpha value is -2.24. The minimum atomic E-state index is -0.318. The van der Waals surface area contributed by atoms with Crippen molar-refractivity contribution in [3.05, 3.63) is 41.1 Å². The molecule has 0 aliphatic rings. The van der Waals surface area contributed by atoms with E-state index in [1.807, 2.05) is 0 Å². The normalized spacial score (nSPS) is 11.0. The molecule has 0 saturated heterocycles. The Labute approximate surface area is 85.5 Å². The Morgan fingerprint density at radius 1 is 1.40 bits per heavy atom. The van der Waals surface area contributed by atoms with E-state index in [1.54, 1.807) is 43.7 Å². The quantitative estimate of drug-likeness (QED) is 0.704. The fraction of sp³-hybridized carbons (Fsp3) is 0.111. The van der Waals surface area contributed by atoms with Crippen LogP contribution >= 0.6 is 0 Å². The molecular formula is C9H9N5O. The molecule has 0 atom stereocenters. The zero-order valence-electron chi connectivity index (χ0n) is 8.11. The molecule has 0 saturated carbocycles. The molecule has 0 fully saturated rings. The van der Waals surface area contributed by atoms with Gasteiger partial charge in [-0.2, -0.15) is 9.36 Å². The second-order valence-corrected chi connectivity index (χ2v) is 2.81. The summed E-state index contributed by atoms with van der Waals surface area (Å²) in [4.78, 5) is 15.6. The van der Waals surface area contributed by atoms with Crippen molar-refractivity contribution < 1.29 is 0 Å². The van der Waals surface area contributed by atoms with Gasteiger partial charge in [-0.05, 0) is 29.5 Å². The number of nitrogens with zero attached hydrogens (tertiary/aromatic N) is 5. The van der Waals surface area contributed by atoms with Crippen LogP contribution in [0, 0.1) is 0 Å². The van der Waals surface area contributed by atoms with E-state index in [9.17, 15) is 4.79 Å². The van der Waals surface area contributed by atoms with E-state index in [1.165, 1.54) is 4.68 Å². The van der Waals surface area contributed by atoms with Crippen LogP contribution in [-0.2, 0) is 0 Å². The lowest BCUT2D eigenvalue weighted by atomic mass is 10.4. The summed E-state index contributed by atoms with van der Waals surface area (Å²) in [6, 6.07) is 3.47. The molecule has 2 aromatic heterocycles. The van der Waals surface area contributed by atoms with Gasteiger partial charge in [0.15, 0.2) is 0 Å². The first-order chi connectivity index (χ1) is 7.33. The zero-order valence-corrected chi connectivity index (χ0v) is 8.11. The fourth-order valence-electron chi connectivity index (χ4n) is 1.13. The number of tetrazole rings is 1. The number of hydrogen-bond donors (Lipinski definition) is 0. The van der Waals surface area contributed by atoms with Gasteiger partial charge >= 0.3 is 5.69 Å². The third-order valence-electron chi connectivity index (χ3n) is 1.78. The monoisotopic (exact) mass is 203 g/mol. The van der Waals surface area contributed by atoms with Gasteiger partial charge < -0.3 is 0 Å². The predicted octanol–water partition coefficient (Wildman–Crippen LogP) is 0.315. The van der Waals surface area contributed by atoms with Crippen molar-refractivity contribution in [1.82, 2.24) is 24.8 Å². The van der Waals surface area contributed by atoms with E-state index in [2.05, 4.69) is 15.4 Å². The first kappa shape index (κ1) is 9.32.